The molecular weight excluding hydrogens is 644 g/mol. The van der Waals surface area contributed by atoms with Gasteiger partial charge in [0.1, 0.15) is 18.1 Å². The molecular formula is C30H40N10O9. The normalized spacial score (nSPS) is 20.8. The molecule has 49 heavy (non-hydrogen) atoms. The number of carbonyl (C=O) groups is 9. The molecule has 1 saturated heterocycles. The van der Waals surface area contributed by atoms with E-state index in [-0.39, 0.29) is 19.4 Å². The third kappa shape index (κ3) is 15.4. The van der Waals surface area contributed by atoms with Gasteiger partial charge < -0.3 is 48.3 Å². The van der Waals surface area contributed by atoms with Crippen LogP contribution >= 0.6 is 0 Å². The third-order valence-electron chi connectivity index (χ3n) is 6.93. The zero-order valence-electron chi connectivity index (χ0n) is 26.8. The summed E-state index contributed by atoms with van der Waals surface area (Å²) in [6, 6.07) is 4.30. The number of benzene rings is 1. The lowest BCUT2D eigenvalue weighted by molar-refractivity contribution is -0.133. The Labute approximate surface area is 281 Å². The van der Waals surface area contributed by atoms with Crippen LogP contribution in [0.25, 0.3) is 0 Å². The van der Waals surface area contributed by atoms with E-state index in [2.05, 4.69) is 42.5 Å². The van der Waals surface area contributed by atoms with E-state index in [1.165, 1.54) is 19.1 Å². The highest BCUT2D eigenvalue weighted by Gasteiger charge is 2.27. The van der Waals surface area contributed by atoms with Crippen LogP contribution in [0.3, 0.4) is 0 Å². The quantitative estimate of drug-likeness (QED) is 0.138. The number of hydrogen-bond acceptors (Lipinski definition) is 10. The summed E-state index contributed by atoms with van der Waals surface area (Å²) in [6.07, 6.45) is 0.175. The van der Waals surface area contributed by atoms with Crippen LogP contribution in [0, 0.1) is 11.3 Å². The number of hydrogen-bond donors (Lipinski definition) is 9. The van der Waals surface area contributed by atoms with E-state index in [1.807, 2.05) is 6.07 Å². The van der Waals surface area contributed by atoms with Crippen LogP contribution in [0.4, 0.5) is 0 Å². The topological polar surface area (TPSA) is 300 Å². The molecule has 1 aliphatic rings. The summed E-state index contributed by atoms with van der Waals surface area (Å²) in [5, 5.41) is 28.1. The number of nitrogens with zero attached hydrogens (tertiary/aromatic N) is 1. The summed E-state index contributed by atoms with van der Waals surface area (Å²) in [7, 11) is 0. The molecule has 9 amide bonds. The zero-order valence-corrected chi connectivity index (χ0v) is 26.8. The molecule has 0 aromatic heterocycles. The maximum absolute atomic E-state index is 13.1. The number of nitrogens with one attached hydrogen (secondary N) is 8. The number of amides is 9. The minimum Gasteiger partial charge on any atom is -0.368 e. The van der Waals surface area contributed by atoms with Crippen LogP contribution in [0.5, 0.6) is 0 Å². The maximum Gasteiger partial charge on any atom is 0.243 e. The van der Waals surface area contributed by atoms with Crippen molar-refractivity contribution < 1.29 is 43.2 Å². The summed E-state index contributed by atoms with van der Waals surface area (Å²) in [6.45, 7) is -0.979. The lowest BCUT2D eigenvalue weighted by atomic mass is 10.0. The molecule has 1 heterocycles. The SMILES string of the molecule is CC(=O)NCC(=O)NC1CC(=O)NCCCCC(C(N)=O)NC(=O)CNC(=O)CNC(=O)C(Cc2ccc(C#N)cc2)NC(=O)CNC1=O. The average Bonchev–Trinajstić information content (AvgIpc) is 3.06. The van der Waals surface area contributed by atoms with E-state index in [0.717, 1.165) is 0 Å². The Kier molecular flexibility index (Phi) is 16.2. The average molecular weight is 685 g/mol. The third-order valence-corrected chi connectivity index (χ3v) is 6.93. The van der Waals surface area contributed by atoms with Gasteiger partial charge in [-0.15, -0.1) is 0 Å². The summed E-state index contributed by atoms with van der Waals surface area (Å²) in [5.41, 5.74) is 6.28. The van der Waals surface area contributed by atoms with E-state index < -0.39 is 104 Å². The van der Waals surface area contributed by atoms with Gasteiger partial charge in [0.15, 0.2) is 0 Å². The fourth-order valence-electron chi connectivity index (χ4n) is 4.38. The molecule has 2 rings (SSSR count). The second kappa shape index (κ2) is 20.2. The van der Waals surface area contributed by atoms with Crippen LogP contribution < -0.4 is 48.3 Å². The van der Waals surface area contributed by atoms with Gasteiger partial charge in [0.2, 0.25) is 53.2 Å². The molecule has 0 radical (unpaired) electrons. The van der Waals surface area contributed by atoms with Gasteiger partial charge in [0.05, 0.1) is 44.2 Å². The van der Waals surface area contributed by atoms with E-state index >= 15 is 0 Å². The Morgan fingerprint density at radius 3 is 2.12 bits per heavy atom. The Morgan fingerprint density at radius 1 is 0.837 bits per heavy atom. The van der Waals surface area contributed by atoms with Gasteiger partial charge >= 0.3 is 0 Å². The van der Waals surface area contributed by atoms with Gasteiger partial charge in [-0.25, -0.2) is 0 Å². The Balaban J connectivity index is 2.26. The fourth-order valence-corrected chi connectivity index (χ4v) is 4.38. The highest BCUT2D eigenvalue weighted by molar-refractivity contribution is 5.96. The van der Waals surface area contributed by atoms with E-state index in [9.17, 15) is 43.2 Å². The van der Waals surface area contributed by atoms with Crippen molar-refractivity contribution in [1.29, 1.82) is 5.26 Å². The highest BCUT2D eigenvalue weighted by Crippen LogP contribution is 2.07. The summed E-state index contributed by atoms with van der Waals surface area (Å²) in [5.74, 6) is -6.77. The van der Waals surface area contributed by atoms with Crippen molar-refractivity contribution in [2.24, 2.45) is 5.73 Å². The standard InChI is InChI=1S/C30H40N10O9/c1-17(41)34-14-25(44)40-22-11-23(42)33-9-3-2-4-20(28(32)47)38-26(45)15-35-24(43)13-36-29(48)21(39-27(46)16-37-30(22)49)10-18-5-7-19(12-31)8-6-18/h5-8,20-22H,2-4,9-11,13-16H2,1H3,(H2,32,47)(H,33,42)(H,34,41)(H,35,43)(H,36,48)(H,37,49)(H,38,45)(H,39,46)(H,40,44). The van der Waals surface area contributed by atoms with Crippen molar-refractivity contribution in [2.45, 2.75) is 57.2 Å². The Hall–Kier alpha value is -6.06. The lowest BCUT2D eigenvalue weighted by Gasteiger charge is -2.20. The number of nitrogens with two attached hydrogens (primary N) is 1. The molecule has 19 nitrogen and oxygen atoms in total. The summed E-state index contributed by atoms with van der Waals surface area (Å²) < 4.78 is 0. The molecule has 1 aliphatic heterocycles. The largest absolute Gasteiger partial charge is 0.368 e. The second-order valence-corrected chi connectivity index (χ2v) is 10.9. The Morgan fingerprint density at radius 2 is 1.47 bits per heavy atom. The fraction of sp³-hybridized carbons (Fsp3) is 0.467. The van der Waals surface area contributed by atoms with Crippen molar-refractivity contribution in [3.05, 3.63) is 35.4 Å². The molecule has 10 N–H and O–H groups in total. The Bertz CT molecular complexity index is 1460. The molecule has 0 spiro atoms. The molecule has 1 fully saturated rings. The minimum atomic E-state index is -1.46. The first kappa shape index (κ1) is 39.1. The van der Waals surface area contributed by atoms with Gasteiger partial charge in [-0.05, 0) is 37.0 Å². The molecule has 0 aliphatic carbocycles. The van der Waals surface area contributed by atoms with Crippen molar-refractivity contribution >= 4 is 53.2 Å². The van der Waals surface area contributed by atoms with Crippen LogP contribution in [-0.4, -0.2) is 104 Å². The monoisotopic (exact) mass is 684 g/mol. The maximum atomic E-state index is 13.1. The van der Waals surface area contributed by atoms with Gasteiger partial charge in [-0.1, -0.05) is 12.1 Å². The molecule has 3 unspecified atom stereocenters. The molecule has 19 heteroatoms. The molecule has 1 aromatic carbocycles. The van der Waals surface area contributed by atoms with Crippen molar-refractivity contribution in [3.8, 4) is 6.07 Å². The van der Waals surface area contributed by atoms with E-state index in [1.54, 1.807) is 12.1 Å². The molecule has 0 bridgehead atoms. The predicted molar refractivity (Wildman–Crippen MR) is 169 cm³/mol. The van der Waals surface area contributed by atoms with Gasteiger partial charge in [0.25, 0.3) is 0 Å². The zero-order chi connectivity index (χ0) is 36.3. The van der Waals surface area contributed by atoms with Crippen LogP contribution in [0.15, 0.2) is 24.3 Å². The molecule has 3 atom stereocenters. The minimum absolute atomic E-state index is 0.0856. The smallest absolute Gasteiger partial charge is 0.243 e. The summed E-state index contributed by atoms with van der Waals surface area (Å²) >= 11 is 0. The predicted octanol–water partition coefficient (Wildman–Crippen LogP) is -4.78. The molecule has 0 saturated carbocycles. The first-order valence-corrected chi connectivity index (χ1v) is 15.3. The van der Waals surface area contributed by atoms with Gasteiger partial charge in [-0.3, -0.25) is 43.2 Å². The van der Waals surface area contributed by atoms with E-state index in [0.29, 0.717) is 24.0 Å². The number of rotatable bonds is 6. The van der Waals surface area contributed by atoms with Crippen molar-refractivity contribution in [3.63, 3.8) is 0 Å². The van der Waals surface area contributed by atoms with E-state index in [4.69, 9.17) is 11.0 Å². The first-order valence-electron chi connectivity index (χ1n) is 15.3. The highest BCUT2D eigenvalue weighted by atomic mass is 16.2. The van der Waals surface area contributed by atoms with Crippen LogP contribution in [0.1, 0.15) is 43.7 Å². The number of carbonyl (C=O) groups excluding carboxylic acids is 9. The van der Waals surface area contributed by atoms with Crippen LogP contribution in [-0.2, 0) is 49.6 Å². The second-order valence-electron chi connectivity index (χ2n) is 10.9. The number of nitriles is 1. The van der Waals surface area contributed by atoms with Crippen molar-refractivity contribution in [2.75, 3.05) is 32.7 Å². The first-order chi connectivity index (χ1) is 23.3. The summed E-state index contributed by atoms with van der Waals surface area (Å²) in [4.78, 5) is 112. The molecule has 1 aromatic rings. The van der Waals surface area contributed by atoms with Crippen LogP contribution in [0.2, 0.25) is 0 Å². The number of primary amides is 1. The molecule has 264 valence electrons. The van der Waals surface area contributed by atoms with Gasteiger partial charge in [0, 0.05) is 19.9 Å². The van der Waals surface area contributed by atoms with Gasteiger partial charge in [-0.2, -0.15) is 5.26 Å². The van der Waals surface area contributed by atoms with Crippen molar-refractivity contribution in [1.82, 2.24) is 42.5 Å². The lowest BCUT2D eigenvalue weighted by Crippen LogP contribution is -2.54.